The number of carbonyl (C=O) groups excluding carboxylic acids is 3. The summed E-state index contributed by atoms with van der Waals surface area (Å²) in [6.45, 7) is 11.5. The monoisotopic (exact) mass is 390 g/mol. The fraction of sp³-hybridized carbons (Fsp3) is 0.591. The molecule has 1 aromatic carbocycles. The molecule has 28 heavy (non-hydrogen) atoms. The SMILES string of the molecule is CC(C)CC(NC(=O)[C@@H](NC(=O)OCc1ccccc1)C(C)C)C(C)(C)C=O. The minimum atomic E-state index is -0.750. The molecule has 0 aliphatic rings. The Morgan fingerprint density at radius 2 is 1.68 bits per heavy atom. The number of hydrogen-bond acceptors (Lipinski definition) is 4. The molecule has 0 bridgehead atoms. The molecule has 2 atom stereocenters. The molecule has 2 N–H and O–H groups in total. The fourth-order valence-corrected chi connectivity index (χ4v) is 2.79. The van der Waals surface area contributed by atoms with Crippen molar-refractivity contribution in [1.82, 2.24) is 10.6 Å². The van der Waals surface area contributed by atoms with Gasteiger partial charge in [-0.25, -0.2) is 4.79 Å². The Morgan fingerprint density at radius 3 is 2.18 bits per heavy atom. The van der Waals surface area contributed by atoms with Crippen molar-refractivity contribution in [2.75, 3.05) is 0 Å². The van der Waals surface area contributed by atoms with Crippen molar-refractivity contribution in [1.29, 1.82) is 0 Å². The Morgan fingerprint density at radius 1 is 1.07 bits per heavy atom. The molecule has 0 heterocycles. The Kier molecular flexibility index (Phi) is 9.16. The van der Waals surface area contributed by atoms with E-state index < -0.39 is 17.6 Å². The van der Waals surface area contributed by atoms with E-state index in [0.29, 0.717) is 12.3 Å². The molecule has 0 spiro atoms. The van der Waals surface area contributed by atoms with Gasteiger partial charge in [0.15, 0.2) is 0 Å². The molecule has 2 amide bonds. The van der Waals surface area contributed by atoms with Crippen molar-refractivity contribution in [3.05, 3.63) is 35.9 Å². The lowest BCUT2D eigenvalue weighted by Crippen LogP contribution is -2.55. The highest BCUT2D eigenvalue weighted by Crippen LogP contribution is 2.23. The summed E-state index contributed by atoms with van der Waals surface area (Å²) in [4.78, 5) is 36.5. The van der Waals surface area contributed by atoms with Gasteiger partial charge in [-0.3, -0.25) is 4.79 Å². The number of ether oxygens (including phenoxy) is 1. The van der Waals surface area contributed by atoms with Crippen LogP contribution in [0.3, 0.4) is 0 Å². The van der Waals surface area contributed by atoms with Gasteiger partial charge < -0.3 is 20.2 Å². The molecule has 6 nitrogen and oxygen atoms in total. The van der Waals surface area contributed by atoms with Crippen molar-refractivity contribution in [3.63, 3.8) is 0 Å². The number of amides is 2. The van der Waals surface area contributed by atoms with Crippen LogP contribution >= 0.6 is 0 Å². The molecule has 0 aliphatic heterocycles. The van der Waals surface area contributed by atoms with E-state index in [1.165, 1.54) is 0 Å². The third kappa shape index (κ3) is 7.71. The first-order chi connectivity index (χ1) is 13.1. The maximum Gasteiger partial charge on any atom is 0.408 e. The molecular weight excluding hydrogens is 356 g/mol. The van der Waals surface area contributed by atoms with Gasteiger partial charge in [-0.05, 0) is 23.8 Å². The zero-order valence-electron chi connectivity index (χ0n) is 17.8. The van der Waals surface area contributed by atoms with Crippen molar-refractivity contribution < 1.29 is 19.1 Å². The largest absolute Gasteiger partial charge is 0.445 e. The topological polar surface area (TPSA) is 84.5 Å². The van der Waals surface area contributed by atoms with Crippen LogP contribution in [0.25, 0.3) is 0 Å². The van der Waals surface area contributed by atoms with E-state index in [0.717, 1.165) is 11.8 Å². The number of hydrogen-bond donors (Lipinski definition) is 2. The van der Waals surface area contributed by atoms with Crippen molar-refractivity contribution in [3.8, 4) is 0 Å². The zero-order valence-corrected chi connectivity index (χ0v) is 17.8. The molecule has 1 unspecified atom stereocenters. The van der Waals surface area contributed by atoms with E-state index >= 15 is 0 Å². The predicted octanol–water partition coefficient (Wildman–Crippen LogP) is 3.69. The molecule has 0 radical (unpaired) electrons. The molecule has 1 aromatic rings. The maximum atomic E-state index is 12.9. The third-order valence-corrected chi connectivity index (χ3v) is 4.66. The fourth-order valence-electron chi connectivity index (χ4n) is 2.79. The number of alkyl carbamates (subject to hydrolysis) is 1. The van der Waals surface area contributed by atoms with Gasteiger partial charge in [-0.2, -0.15) is 0 Å². The lowest BCUT2D eigenvalue weighted by atomic mass is 9.81. The van der Waals surface area contributed by atoms with E-state index in [4.69, 9.17) is 4.74 Å². The number of nitrogens with one attached hydrogen (secondary N) is 2. The Labute approximate surface area is 168 Å². The van der Waals surface area contributed by atoms with Crippen LogP contribution in [0.15, 0.2) is 30.3 Å². The first kappa shape index (κ1) is 23.7. The van der Waals surface area contributed by atoms with Gasteiger partial charge in [0, 0.05) is 11.5 Å². The third-order valence-electron chi connectivity index (χ3n) is 4.66. The average molecular weight is 391 g/mol. The summed E-state index contributed by atoms with van der Waals surface area (Å²) in [6, 6.07) is 8.27. The van der Waals surface area contributed by atoms with Gasteiger partial charge in [0.25, 0.3) is 0 Å². The number of benzene rings is 1. The van der Waals surface area contributed by atoms with Crippen LogP contribution in [-0.2, 0) is 20.9 Å². The molecule has 0 saturated carbocycles. The highest BCUT2D eigenvalue weighted by Gasteiger charge is 2.34. The van der Waals surface area contributed by atoms with E-state index in [2.05, 4.69) is 10.6 Å². The van der Waals surface area contributed by atoms with Crippen LogP contribution < -0.4 is 10.6 Å². The molecule has 6 heteroatoms. The maximum absolute atomic E-state index is 12.9. The summed E-state index contributed by atoms with van der Waals surface area (Å²) >= 11 is 0. The van der Waals surface area contributed by atoms with Crippen molar-refractivity contribution >= 4 is 18.3 Å². The number of rotatable bonds is 10. The van der Waals surface area contributed by atoms with Gasteiger partial charge in [0.2, 0.25) is 5.91 Å². The van der Waals surface area contributed by atoms with Crippen LogP contribution in [0.4, 0.5) is 4.79 Å². The van der Waals surface area contributed by atoms with Gasteiger partial charge in [0.1, 0.15) is 18.9 Å². The minimum absolute atomic E-state index is 0.132. The van der Waals surface area contributed by atoms with Gasteiger partial charge in [0.05, 0.1) is 0 Å². The highest BCUT2D eigenvalue weighted by atomic mass is 16.5. The molecule has 0 saturated heterocycles. The van der Waals surface area contributed by atoms with E-state index in [9.17, 15) is 14.4 Å². The summed E-state index contributed by atoms with van der Waals surface area (Å²) < 4.78 is 5.23. The second-order valence-corrected chi connectivity index (χ2v) is 8.56. The average Bonchev–Trinajstić information content (AvgIpc) is 2.64. The van der Waals surface area contributed by atoms with Crippen LogP contribution in [0, 0.1) is 17.3 Å². The van der Waals surface area contributed by atoms with E-state index in [-0.39, 0.29) is 24.5 Å². The van der Waals surface area contributed by atoms with Crippen LogP contribution in [0.5, 0.6) is 0 Å². The predicted molar refractivity (Wildman–Crippen MR) is 110 cm³/mol. The van der Waals surface area contributed by atoms with Crippen molar-refractivity contribution in [2.45, 2.75) is 66.7 Å². The lowest BCUT2D eigenvalue weighted by Gasteiger charge is -2.33. The van der Waals surface area contributed by atoms with Crippen LogP contribution in [0.2, 0.25) is 0 Å². The quantitative estimate of drug-likeness (QED) is 0.597. The minimum Gasteiger partial charge on any atom is -0.445 e. The first-order valence-electron chi connectivity index (χ1n) is 9.80. The number of aldehydes is 1. The van der Waals surface area contributed by atoms with Crippen molar-refractivity contribution in [2.24, 2.45) is 17.3 Å². The summed E-state index contributed by atoms with van der Waals surface area (Å²) in [7, 11) is 0. The Hall–Kier alpha value is -2.37. The summed E-state index contributed by atoms with van der Waals surface area (Å²) in [5.41, 5.74) is 0.169. The summed E-state index contributed by atoms with van der Waals surface area (Å²) in [5.74, 6) is -0.138. The van der Waals surface area contributed by atoms with E-state index in [1.807, 2.05) is 58.0 Å². The van der Waals surface area contributed by atoms with Gasteiger partial charge >= 0.3 is 6.09 Å². The Balaban J connectivity index is 2.75. The summed E-state index contributed by atoms with van der Waals surface area (Å²) in [6.07, 6.45) is 0.889. The standard InChI is InChI=1S/C22H34N2O4/c1-15(2)12-18(22(5,6)14-25)23-20(26)19(16(3)4)24-21(27)28-13-17-10-8-7-9-11-17/h7-11,14-16,18-19H,12-13H2,1-6H3,(H,23,26)(H,24,27)/t18?,19-/m0/s1. The summed E-state index contributed by atoms with van der Waals surface area (Å²) in [5, 5.41) is 5.61. The highest BCUT2D eigenvalue weighted by molar-refractivity contribution is 5.86. The molecule has 0 fully saturated rings. The smallest absolute Gasteiger partial charge is 0.408 e. The van der Waals surface area contributed by atoms with Crippen LogP contribution in [0.1, 0.15) is 53.5 Å². The second-order valence-electron chi connectivity index (χ2n) is 8.56. The molecule has 1 rings (SSSR count). The second kappa shape index (κ2) is 10.8. The first-order valence-corrected chi connectivity index (χ1v) is 9.80. The molecular formula is C22H34N2O4. The van der Waals surface area contributed by atoms with Gasteiger partial charge in [-0.1, -0.05) is 71.9 Å². The zero-order chi connectivity index (χ0) is 21.3. The number of carbonyl (C=O) groups is 3. The molecule has 156 valence electrons. The molecule has 0 aromatic heterocycles. The van der Waals surface area contributed by atoms with Crippen LogP contribution in [-0.4, -0.2) is 30.4 Å². The Bertz CT molecular complexity index is 641. The lowest BCUT2D eigenvalue weighted by molar-refractivity contribution is -0.126. The van der Waals surface area contributed by atoms with Gasteiger partial charge in [-0.15, -0.1) is 0 Å². The molecule has 0 aliphatic carbocycles. The van der Waals surface area contributed by atoms with E-state index in [1.54, 1.807) is 13.8 Å². The normalized spacial score (nSPS) is 13.7.